The van der Waals surface area contributed by atoms with E-state index in [1.165, 1.54) is 22.3 Å². The molecule has 0 saturated heterocycles. The molecule has 0 aromatic heterocycles. The molecule has 1 unspecified atom stereocenters. The van der Waals surface area contributed by atoms with E-state index in [1.54, 1.807) is 7.11 Å². The van der Waals surface area contributed by atoms with Gasteiger partial charge in [-0.3, -0.25) is 0 Å². The molecule has 0 fully saturated rings. The average Bonchev–Trinajstić information content (AvgIpc) is 2.50. The molecule has 0 aliphatic heterocycles. The summed E-state index contributed by atoms with van der Waals surface area (Å²) in [6, 6.07) is 15.4. The Kier molecular flexibility index (Phi) is 5.40. The highest BCUT2D eigenvalue weighted by atomic mass is 16.5. The predicted octanol–water partition coefficient (Wildman–Crippen LogP) is 4.21. The fraction of sp³-hybridized carbons (Fsp3) is 0.368. The summed E-state index contributed by atoms with van der Waals surface area (Å²) in [5.74, 6) is 0.903. The van der Waals surface area contributed by atoms with E-state index in [0.29, 0.717) is 6.04 Å². The monoisotopic (exact) mass is 283 g/mol. The normalized spacial score (nSPS) is 12.2. The third-order valence-electron chi connectivity index (χ3n) is 3.98. The summed E-state index contributed by atoms with van der Waals surface area (Å²) < 4.78 is 5.24. The van der Waals surface area contributed by atoms with Crippen LogP contribution in [0.4, 0.5) is 0 Å². The van der Waals surface area contributed by atoms with E-state index in [-0.39, 0.29) is 0 Å². The Morgan fingerprint density at radius 2 is 1.71 bits per heavy atom. The largest absolute Gasteiger partial charge is 0.497 e. The lowest BCUT2D eigenvalue weighted by Gasteiger charge is -2.19. The van der Waals surface area contributed by atoms with Crippen LogP contribution in [0.3, 0.4) is 0 Å². The number of methoxy groups -OCH3 is 1. The molecule has 1 atom stereocenters. The molecule has 0 heterocycles. The maximum atomic E-state index is 5.24. The molecule has 0 radical (unpaired) electrons. The van der Waals surface area contributed by atoms with E-state index < -0.39 is 0 Å². The molecule has 2 rings (SSSR count). The predicted molar refractivity (Wildman–Crippen MR) is 89.0 cm³/mol. The van der Waals surface area contributed by atoms with E-state index >= 15 is 0 Å². The van der Waals surface area contributed by atoms with Crippen LogP contribution in [-0.2, 0) is 6.42 Å². The van der Waals surface area contributed by atoms with Gasteiger partial charge in [-0.2, -0.15) is 0 Å². The van der Waals surface area contributed by atoms with Gasteiger partial charge in [0.05, 0.1) is 7.11 Å². The lowest BCUT2D eigenvalue weighted by atomic mass is 9.96. The van der Waals surface area contributed by atoms with E-state index in [4.69, 9.17) is 4.74 Å². The first-order chi connectivity index (χ1) is 10.1. The number of nitrogens with one attached hydrogen (secondary N) is 1. The molecular formula is C19H25NO. The number of aryl methyl sites for hydroxylation is 2. The first-order valence-electron chi connectivity index (χ1n) is 7.57. The summed E-state index contributed by atoms with van der Waals surface area (Å²) in [4.78, 5) is 0. The van der Waals surface area contributed by atoms with Crippen LogP contribution in [0.1, 0.15) is 35.2 Å². The standard InChI is InChI=1S/C19H25NO/c1-5-20-19(17-8-10-18(21-4)11-9-17)13-16-7-6-14(2)15(3)12-16/h6-12,19-20H,5,13H2,1-4H3. The van der Waals surface area contributed by atoms with Crippen LogP contribution in [0.15, 0.2) is 42.5 Å². The van der Waals surface area contributed by atoms with Gasteiger partial charge in [0.25, 0.3) is 0 Å². The van der Waals surface area contributed by atoms with Gasteiger partial charge in [0.1, 0.15) is 5.75 Å². The third-order valence-corrected chi connectivity index (χ3v) is 3.98. The lowest BCUT2D eigenvalue weighted by molar-refractivity contribution is 0.414. The fourth-order valence-corrected chi connectivity index (χ4v) is 2.56. The van der Waals surface area contributed by atoms with Gasteiger partial charge < -0.3 is 10.1 Å². The van der Waals surface area contributed by atoms with Crippen molar-refractivity contribution in [2.24, 2.45) is 0 Å². The SMILES string of the molecule is CCNC(Cc1ccc(C)c(C)c1)c1ccc(OC)cc1. The van der Waals surface area contributed by atoms with E-state index in [9.17, 15) is 0 Å². The molecule has 2 heteroatoms. The Bertz CT molecular complexity index is 575. The maximum absolute atomic E-state index is 5.24. The van der Waals surface area contributed by atoms with Crippen LogP contribution in [0.2, 0.25) is 0 Å². The number of hydrogen-bond acceptors (Lipinski definition) is 2. The van der Waals surface area contributed by atoms with Crippen LogP contribution < -0.4 is 10.1 Å². The van der Waals surface area contributed by atoms with Crippen LogP contribution in [0.25, 0.3) is 0 Å². The zero-order valence-electron chi connectivity index (χ0n) is 13.4. The Hall–Kier alpha value is -1.80. The number of hydrogen-bond donors (Lipinski definition) is 1. The van der Waals surface area contributed by atoms with Crippen molar-refractivity contribution >= 4 is 0 Å². The van der Waals surface area contributed by atoms with Crippen molar-refractivity contribution in [3.05, 3.63) is 64.7 Å². The van der Waals surface area contributed by atoms with Crippen LogP contribution in [0.5, 0.6) is 5.75 Å². The van der Waals surface area contributed by atoms with Crippen LogP contribution in [-0.4, -0.2) is 13.7 Å². The van der Waals surface area contributed by atoms with Crippen molar-refractivity contribution in [3.8, 4) is 5.75 Å². The minimum absolute atomic E-state index is 0.336. The number of benzene rings is 2. The molecule has 112 valence electrons. The first kappa shape index (κ1) is 15.6. The van der Waals surface area contributed by atoms with Gasteiger partial charge >= 0.3 is 0 Å². The second-order valence-corrected chi connectivity index (χ2v) is 5.51. The summed E-state index contributed by atoms with van der Waals surface area (Å²) in [5.41, 5.74) is 5.39. The summed E-state index contributed by atoms with van der Waals surface area (Å²) in [6.45, 7) is 7.44. The Morgan fingerprint density at radius 1 is 1.00 bits per heavy atom. The number of likely N-dealkylation sites (N-methyl/N-ethyl adjacent to an activating group) is 1. The average molecular weight is 283 g/mol. The quantitative estimate of drug-likeness (QED) is 0.857. The van der Waals surface area contributed by atoms with Gasteiger partial charge in [0.15, 0.2) is 0 Å². The molecule has 0 amide bonds. The zero-order chi connectivity index (χ0) is 15.2. The minimum Gasteiger partial charge on any atom is -0.497 e. The van der Waals surface area contributed by atoms with Gasteiger partial charge in [0, 0.05) is 6.04 Å². The van der Waals surface area contributed by atoms with Crippen molar-refractivity contribution < 1.29 is 4.74 Å². The van der Waals surface area contributed by atoms with Crippen molar-refractivity contribution in [1.29, 1.82) is 0 Å². The van der Waals surface area contributed by atoms with Gasteiger partial charge in [-0.25, -0.2) is 0 Å². The minimum atomic E-state index is 0.336. The Balaban J connectivity index is 2.19. The van der Waals surface area contributed by atoms with Crippen molar-refractivity contribution in [2.45, 2.75) is 33.2 Å². The van der Waals surface area contributed by atoms with Crippen LogP contribution in [0, 0.1) is 13.8 Å². The summed E-state index contributed by atoms with van der Waals surface area (Å²) in [7, 11) is 1.70. The molecule has 0 aliphatic carbocycles. The second-order valence-electron chi connectivity index (χ2n) is 5.51. The molecule has 0 saturated carbocycles. The van der Waals surface area contributed by atoms with Gasteiger partial charge in [0.2, 0.25) is 0 Å². The molecule has 2 nitrogen and oxygen atoms in total. The topological polar surface area (TPSA) is 21.3 Å². The van der Waals surface area contributed by atoms with Crippen molar-refractivity contribution in [1.82, 2.24) is 5.32 Å². The van der Waals surface area contributed by atoms with Crippen molar-refractivity contribution in [3.63, 3.8) is 0 Å². The fourth-order valence-electron chi connectivity index (χ4n) is 2.56. The molecule has 0 spiro atoms. The van der Waals surface area contributed by atoms with Gasteiger partial charge in [-0.1, -0.05) is 37.3 Å². The summed E-state index contributed by atoms with van der Waals surface area (Å²) >= 11 is 0. The summed E-state index contributed by atoms with van der Waals surface area (Å²) in [5, 5.41) is 3.58. The van der Waals surface area contributed by atoms with Crippen molar-refractivity contribution in [2.75, 3.05) is 13.7 Å². The van der Waals surface area contributed by atoms with Gasteiger partial charge in [-0.15, -0.1) is 0 Å². The van der Waals surface area contributed by atoms with E-state index in [1.807, 2.05) is 12.1 Å². The maximum Gasteiger partial charge on any atom is 0.118 e. The highest BCUT2D eigenvalue weighted by Crippen LogP contribution is 2.22. The molecule has 21 heavy (non-hydrogen) atoms. The van der Waals surface area contributed by atoms with E-state index in [0.717, 1.165) is 18.7 Å². The number of ether oxygens (including phenoxy) is 1. The van der Waals surface area contributed by atoms with Crippen LogP contribution >= 0.6 is 0 Å². The Labute approximate surface area is 128 Å². The molecule has 0 bridgehead atoms. The smallest absolute Gasteiger partial charge is 0.118 e. The Morgan fingerprint density at radius 3 is 2.29 bits per heavy atom. The molecule has 2 aromatic carbocycles. The first-order valence-corrected chi connectivity index (χ1v) is 7.57. The molecule has 2 aromatic rings. The number of rotatable bonds is 6. The van der Waals surface area contributed by atoms with Gasteiger partial charge in [-0.05, 0) is 61.2 Å². The second kappa shape index (κ2) is 7.28. The molecular weight excluding hydrogens is 258 g/mol. The molecule has 0 aliphatic rings. The molecule has 1 N–H and O–H groups in total. The third kappa shape index (κ3) is 4.08. The zero-order valence-corrected chi connectivity index (χ0v) is 13.4. The highest BCUT2D eigenvalue weighted by Gasteiger charge is 2.11. The summed E-state index contributed by atoms with van der Waals surface area (Å²) in [6.07, 6.45) is 1.00. The lowest BCUT2D eigenvalue weighted by Crippen LogP contribution is -2.23. The van der Waals surface area contributed by atoms with E-state index in [2.05, 4.69) is 56.4 Å². The highest BCUT2D eigenvalue weighted by molar-refractivity contribution is 5.33.